The molecule has 0 atom stereocenters. The van der Waals surface area contributed by atoms with Crippen molar-refractivity contribution >= 4 is 11.6 Å². The Hall–Kier alpha value is -1.54. The van der Waals surface area contributed by atoms with E-state index < -0.39 is 0 Å². The van der Waals surface area contributed by atoms with E-state index in [1.807, 2.05) is 43.3 Å². The fourth-order valence-electron chi connectivity index (χ4n) is 1.37. The van der Waals surface area contributed by atoms with E-state index in [4.69, 9.17) is 16.3 Å². The van der Waals surface area contributed by atoms with E-state index in [0.29, 0.717) is 11.8 Å². The van der Waals surface area contributed by atoms with Crippen LogP contribution < -0.4 is 4.74 Å². The van der Waals surface area contributed by atoms with Gasteiger partial charge in [-0.2, -0.15) is 0 Å². The first-order valence-electron chi connectivity index (χ1n) is 5.04. The van der Waals surface area contributed by atoms with Crippen LogP contribution in [0.15, 0.2) is 42.6 Å². The molecule has 0 N–H and O–H groups in total. The van der Waals surface area contributed by atoms with Gasteiger partial charge in [0.1, 0.15) is 5.75 Å². The Labute approximate surface area is 99.9 Å². The number of ether oxygens (including phenoxy) is 1. The summed E-state index contributed by atoms with van der Waals surface area (Å²) >= 11 is 5.75. The van der Waals surface area contributed by atoms with E-state index in [-0.39, 0.29) is 0 Å². The van der Waals surface area contributed by atoms with Crippen LogP contribution in [0.3, 0.4) is 0 Å². The molecule has 0 unspecified atom stereocenters. The largest absolute Gasteiger partial charge is 0.439 e. The zero-order valence-electron chi connectivity index (χ0n) is 8.98. The number of alkyl halides is 1. The first kappa shape index (κ1) is 11.0. The zero-order valence-corrected chi connectivity index (χ0v) is 9.74. The van der Waals surface area contributed by atoms with Gasteiger partial charge in [0.25, 0.3) is 0 Å². The third kappa shape index (κ3) is 2.52. The summed E-state index contributed by atoms with van der Waals surface area (Å²) in [7, 11) is 0. The molecule has 0 saturated heterocycles. The lowest BCUT2D eigenvalue weighted by Crippen LogP contribution is -1.90. The summed E-state index contributed by atoms with van der Waals surface area (Å²) in [5.41, 5.74) is 2.08. The van der Waals surface area contributed by atoms with Gasteiger partial charge in [0.05, 0.1) is 0 Å². The van der Waals surface area contributed by atoms with Crippen molar-refractivity contribution in [2.45, 2.75) is 12.8 Å². The third-order valence-electron chi connectivity index (χ3n) is 2.26. The number of nitrogens with zero attached hydrogens (tertiary/aromatic N) is 1. The maximum atomic E-state index is 5.75. The van der Waals surface area contributed by atoms with Crippen molar-refractivity contribution in [3.8, 4) is 11.6 Å². The smallest absolute Gasteiger partial charge is 0.219 e. The predicted molar refractivity (Wildman–Crippen MR) is 65.0 cm³/mol. The quantitative estimate of drug-likeness (QED) is 0.750. The maximum Gasteiger partial charge on any atom is 0.219 e. The number of benzene rings is 1. The molecule has 1 aromatic carbocycles. The molecule has 0 bridgehead atoms. The van der Waals surface area contributed by atoms with Gasteiger partial charge >= 0.3 is 0 Å². The minimum absolute atomic E-state index is 0.465. The molecule has 1 aromatic heterocycles. The molecule has 2 nitrogen and oxygen atoms in total. The Morgan fingerprint density at radius 1 is 1.25 bits per heavy atom. The predicted octanol–water partition coefficient (Wildman–Crippen LogP) is 3.92. The van der Waals surface area contributed by atoms with Crippen LogP contribution in [0, 0.1) is 6.92 Å². The Kier molecular flexibility index (Phi) is 3.42. The Bertz CT molecular complexity index is 485. The SMILES string of the molecule is Cc1ccccc1Oc1cc(CCl)ccn1. The second-order valence-corrected chi connectivity index (χ2v) is 3.77. The van der Waals surface area contributed by atoms with Crippen LogP contribution in [0.1, 0.15) is 11.1 Å². The van der Waals surface area contributed by atoms with Gasteiger partial charge in [-0.05, 0) is 30.2 Å². The molecule has 2 aromatic rings. The van der Waals surface area contributed by atoms with Gasteiger partial charge in [-0.15, -0.1) is 11.6 Å². The molecule has 0 aliphatic heterocycles. The van der Waals surface area contributed by atoms with Crippen molar-refractivity contribution in [1.82, 2.24) is 4.98 Å². The van der Waals surface area contributed by atoms with E-state index >= 15 is 0 Å². The number of aryl methyl sites for hydroxylation is 1. The van der Waals surface area contributed by atoms with E-state index in [1.54, 1.807) is 6.20 Å². The van der Waals surface area contributed by atoms with Gasteiger partial charge in [0.15, 0.2) is 0 Å². The number of hydrogen-bond donors (Lipinski definition) is 0. The van der Waals surface area contributed by atoms with Crippen LogP contribution in [0.2, 0.25) is 0 Å². The summed E-state index contributed by atoms with van der Waals surface area (Å²) in [6, 6.07) is 11.6. The first-order chi connectivity index (χ1) is 7.79. The number of pyridine rings is 1. The average Bonchev–Trinajstić information content (AvgIpc) is 2.32. The molecule has 0 amide bonds. The molecule has 3 heteroatoms. The molecular weight excluding hydrogens is 222 g/mol. The van der Waals surface area contributed by atoms with Crippen molar-refractivity contribution in [3.05, 3.63) is 53.7 Å². The molecule has 82 valence electrons. The van der Waals surface area contributed by atoms with Crippen molar-refractivity contribution in [3.63, 3.8) is 0 Å². The fourth-order valence-corrected chi connectivity index (χ4v) is 1.54. The zero-order chi connectivity index (χ0) is 11.4. The summed E-state index contributed by atoms with van der Waals surface area (Å²) in [5.74, 6) is 1.86. The van der Waals surface area contributed by atoms with Crippen molar-refractivity contribution < 1.29 is 4.74 Å². The Morgan fingerprint density at radius 2 is 2.06 bits per heavy atom. The van der Waals surface area contributed by atoms with Crippen molar-refractivity contribution in [2.24, 2.45) is 0 Å². The highest BCUT2D eigenvalue weighted by atomic mass is 35.5. The third-order valence-corrected chi connectivity index (χ3v) is 2.57. The Morgan fingerprint density at radius 3 is 2.81 bits per heavy atom. The second kappa shape index (κ2) is 4.99. The van der Waals surface area contributed by atoms with Gasteiger partial charge in [0, 0.05) is 18.1 Å². The van der Waals surface area contributed by atoms with Crippen LogP contribution in [0.25, 0.3) is 0 Å². The Balaban J connectivity index is 2.24. The number of aromatic nitrogens is 1. The highest BCUT2D eigenvalue weighted by Crippen LogP contribution is 2.23. The lowest BCUT2D eigenvalue weighted by atomic mass is 10.2. The van der Waals surface area contributed by atoms with E-state index in [1.165, 1.54) is 0 Å². The molecule has 0 aliphatic rings. The summed E-state index contributed by atoms with van der Waals surface area (Å²) in [6.45, 7) is 2.00. The summed E-state index contributed by atoms with van der Waals surface area (Å²) in [5, 5.41) is 0. The van der Waals surface area contributed by atoms with Crippen LogP contribution in [0.4, 0.5) is 0 Å². The molecule has 0 aliphatic carbocycles. The molecular formula is C13H12ClNO. The molecule has 0 radical (unpaired) electrons. The molecule has 1 heterocycles. The molecule has 2 rings (SSSR count). The van der Waals surface area contributed by atoms with Crippen LogP contribution in [-0.4, -0.2) is 4.98 Å². The van der Waals surface area contributed by atoms with Gasteiger partial charge in [0.2, 0.25) is 5.88 Å². The minimum Gasteiger partial charge on any atom is -0.439 e. The first-order valence-corrected chi connectivity index (χ1v) is 5.57. The summed E-state index contributed by atoms with van der Waals surface area (Å²) < 4.78 is 5.68. The minimum atomic E-state index is 0.465. The number of hydrogen-bond acceptors (Lipinski definition) is 2. The number of halogens is 1. The van der Waals surface area contributed by atoms with Crippen molar-refractivity contribution in [1.29, 1.82) is 0 Å². The van der Waals surface area contributed by atoms with Gasteiger partial charge < -0.3 is 4.74 Å². The van der Waals surface area contributed by atoms with E-state index in [9.17, 15) is 0 Å². The lowest BCUT2D eigenvalue weighted by molar-refractivity contribution is 0.459. The lowest BCUT2D eigenvalue weighted by Gasteiger charge is -2.07. The van der Waals surface area contributed by atoms with Gasteiger partial charge in [-0.1, -0.05) is 18.2 Å². The van der Waals surface area contributed by atoms with Crippen LogP contribution in [0.5, 0.6) is 11.6 Å². The molecule has 0 fully saturated rings. The topological polar surface area (TPSA) is 22.1 Å². The van der Waals surface area contributed by atoms with Crippen molar-refractivity contribution in [2.75, 3.05) is 0 Å². The number of para-hydroxylation sites is 1. The molecule has 16 heavy (non-hydrogen) atoms. The van der Waals surface area contributed by atoms with E-state index in [0.717, 1.165) is 16.9 Å². The highest BCUT2D eigenvalue weighted by molar-refractivity contribution is 6.17. The second-order valence-electron chi connectivity index (χ2n) is 3.50. The maximum absolute atomic E-state index is 5.75. The standard InChI is InChI=1S/C13H12ClNO/c1-10-4-2-3-5-12(10)16-13-8-11(9-14)6-7-15-13/h2-8H,9H2,1H3. The van der Waals surface area contributed by atoms with Crippen LogP contribution in [-0.2, 0) is 5.88 Å². The average molecular weight is 234 g/mol. The van der Waals surface area contributed by atoms with E-state index in [2.05, 4.69) is 4.98 Å². The summed E-state index contributed by atoms with van der Waals surface area (Å²) in [4.78, 5) is 4.14. The monoisotopic (exact) mass is 233 g/mol. The highest BCUT2D eigenvalue weighted by Gasteiger charge is 2.02. The summed E-state index contributed by atoms with van der Waals surface area (Å²) in [6.07, 6.45) is 1.70. The molecule has 0 spiro atoms. The van der Waals surface area contributed by atoms with Gasteiger partial charge in [-0.25, -0.2) is 4.98 Å². The fraction of sp³-hybridized carbons (Fsp3) is 0.154. The van der Waals surface area contributed by atoms with Crippen LogP contribution >= 0.6 is 11.6 Å². The normalized spacial score (nSPS) is 10.1. The van der Waals surface area contributed by atoms with Gasteiger partial charge in [-0.3, -0.25) is 0 Å². The molecule has 0 saturated carbocycles. The number of rotatable bonds is 3.